The van der Waals surface area contributed by atoms with Gasteiger partial charge in [0, 0.05) is 38.8 Å². The molecule has 2 rings (SSSR count). The molecule has 1 saturated heterocycles. The van der Waals surface area contributed by atoms with Crippen molar-refractivity contribution >= 4 is 5.78 Å². The van der Waals surface area contributed by atoms with E-state index in [4.69, 9.17) is 4.74 Å². The van der Waals surface area contributed by atoms with Gasteiger partial charge in [-0.2, -0.15) is 0 Å². The Morgan fingerprint density at radius 2 is 2.62 bits per heavy atom. The molecule has 1 aromatic rings. The number of rotatable bonds is 4. The van der Waals surface area contributed by atoms with Gasteiger partial charge in [-0.15, -0.1) is 0 Å². The predicted molar refractivity (Wildman–Crippen MR) is 59.1 cm³/mol. The molecule has 1 aromatic heterocycles. The first kappa shape index (κ1) is 11.3. The highest BCUT2D eigenvalue weighted by atomic mass is 16.5. The van der Waals surface area contributed by atoms with Crippen LogP contribution in [-0.4, -0.2) is 41.1 Å². The summed E-state index contributed by atoms with van der Waals surface area (Å²) in [5.41, 5.74) is 0. The van der Waals surface area contributed by atoms with Gasteiger partial charge in [0.2, 0.25) is 0 Å². The Morgan fingerprint density at radius 1 is 1.75 bits per heavy atom. The quantitative estimate of drug-likeness (QED) is 0.775. The number of imidazole rings is 1. The average Bonchev–Trinajstić information content (AvgIpc) is 2.73. The number of Topliss-reactive ketones (excluding diaryl/α,β-unsaturated/α-hetero) is 1. The van der Waals surface area contributed by atoms with Gasteiger partial charge in [-0.25, -0.2) is 4.98 Å². The molecule has 16 heavy (non-hydrogen) atoms. The zero-order chi connectivity index (χ0) is 11.4. The average molecular weight is 223 g/mol. The second-order valence-electron chi connectivity index (χ2n) is 4.00. The van der Waals surface area contributed by atoms with Crippen LogP contribution in [0.3, 0.4) is 0 Å². The number of nitrogens with one attached hydrogen (secondary N) is 1. The second kappa shape index (κ2) is 5.23. The van der Waals surface area contributed by atoms with E-state index in [9.17, 15) is 4.79 Å². The van der Waals surface area contributed by atoms with Crippen LogP contribution in [0.15, 0.2) is 12.4 Å². The molecule has 1 atom stereocenters. The Kier molecular flexibility index (Phi) is 3.69. The van der Waals surface area contributed by atoms with Crippen molar-refractivity contribution in [2.24, 2.45) is 7.05 Å². The number of aryl methyl sites for hydroxylation is 2. The van der Waals surface area contributed by atoms with E-state index in [1.54, 1.807) is 6.20 Å². The number of hydrogen-bond donors (Lipinski definition) is 1. The third kappa shape index (κ3) is 2.68. The number of ether oxygens (including phenoxy) is 1. The van der Waals surface area contributed by atoms with Crippen molar-refractivity contribution in [3.63, 3.8) is 0 Å². The Bertz CT molecular complexity index is 356. The minimum atomic E-state index is -0.131. The molecule has 5 nitrogen and oxygen atoms in total. The third-order valence-electron chi connectivity index (χ3n) is 2.83. The summed E-state index contributed by atoms with van der Waals surface area (Å²) in [6, 6.07) is -0.131. The van der Waals surface area contributed by atoms with Crippen LogP contribution in [0.25, 0.3) is 0 Å². The summed E-state index contributed by atoms with van der Waals surface area (Å²) in [5.74, 6) is 1.16. The molecule has 0 aliphatic carbocycles. The van der Waals surface area contributed by atoms with E-state index in [1.807, 2.05) is 17.8 Å². The van der Waals surface area contributed by atoms with Crippen molar-refractivity contribution in [1.82, 2.24) is 14.9 Å². The predicted octanol–water partition coefficient (Wildman–Crippen LogP) is -0.0898. The maximum Gasteiger partial charge on any atom is 0.152 e. The summed E-state index contributed by atoms with van der Waals surface area (Å²) in [7, 11) is 1.94. The monoisotopic (exact) mass is 223 g/mol. The molecular weight excluding hydrogens is 206 g/mol. The van der Waals surface area contributed by atoms with E-state index < -0.39 is 0 Å². The number of nitrogens with zero attached hydrogens (tertiary/aromatic N) is 2. The molecule has 0 amide bonds. The summed E-state index contributed by atoms with van der Waals surface area (Å²) in [6.07, 6.45) is 4.86. The summed E-state index contributed by atoms with van der Waals surface area (Å²) in [4.78, 5) is 16.0. The van der Waals surface area contributed by atoms with Gasteiger partial charge in [0.05, 0.1) is 19.3 Å². The minimum absolute atomic E-state index is 0.131. The third-order valence-corrected chi connectivity index (χ3v) is 2.83. The Morgan fingerprint density at radius 3 is 3.25 bits per heavy atom. The van der Waals surface area contributed by atoms with Crippen molar-refractivity contribution in [3.8, 4) is 0 Å². The molecule has 88 valence electrons. The fourth-order valence-corrected chi connectivity index (χ4v) is 1.82. The Hall–Kier alpha value is -1.20. The van der Waals surface area contributed by atoms with Gasteiger partial charge < -0.3 is 14.6 Å². The van der Waals surface area contributed by atoms with Gasteiger partial charge >= 0.3 is 0 Å². The first-order valence-electron chi connectivity index (χ1n) is 5.57. The van der Waals surface area contributed by atoms with Crippen molar-refractivity contribution in [3.05, 3.63) is 18.2 Å². The molecule has 0 bridgehead atoms. The number of morpholine rings is 1. The maximum atomic E-state index is 11.8. The van der Waals surface area contributed by atoms with Crippen LogP contribution in [0, 0.1) is 0 Å². The molecule has 1 aliphatic heterocycles. The van der Waals surface area contributed by atoms with Gasteiger partial charge in [-0.05, 0) is 0 Å². The zero-order valence-electron chi connectivity index (χ0n) is 9.48. The highest BCUT2D eigenvalue weighted by molar-refractivity contribution is 5.84. The number of carbonyl (C=O) groups is 1. The van der Waals surface area contributed by atoms with E-state index >= 15 is 0 Å². The molecule has 2 heterocycles. The van der Waals surface area contributed by atoms with Crippen LogP contribution in [0.1, 0.15) is 12.2 Å². The van der Waals surface area contributed by atoms with Crippen LogP contribution in [-0.2, 0) is 23.0 Å². The minimum Gasteiger partial charge on any atom is -0.378 e. The molecule has 5 heteroatoms. The van der Waals surface area contributed by atoms with Gasteiger partial charge in [0.15, 0.2) is 5.78 Å². The van der Waals surface area contributed by atoms with Gasteiger partial charge in [0.1, 0.15) is 5.82 Å². The van der Waals surface area contributed by atoms with Crippen LogP contribution in [0.2, 0.25) is 0 Å². The summed E-state index contributed by atoms with van der Waals surface area (Å²) in [6.45, 7) is 1.96. The topological polar surface area (TPSA) is 56.2 Å². The lowest BCUT2D eigenvalue weighted by Gasteiger charge is -2.22. The van der Waals surface area contributed by atoms with E-state index in [0.29, 0.717) is 26.1 Å². The first-order valence-corrected chi connectivity index (χ1v) is 5.57. The number of ketones is 1. The molecule has 1 unspecified atom stereocenters. The lowest BCUT2D eigenvalue weighted by molar-refractivity contribution is -0.123. The second-order valence-corrected chi connectivity index (χ2v) is 4.00. The van der Waals surface area contributed by atoms with Crippen LogP contribution >= 0.6 is 0 Å². The SMILES string of the molecule is Cn1ccnc1CCC(=O)C1COCCN1. The maximum absolute atomic E-state index is 11.8. The highest BCUT2D eigenvalue weighted by Crippen LogP contribution is 2.03. The van der Waals surface area contributed by atoms with Gasteiger partial charge in [-0.3, -0.25) is 4.79 Å². The number of aromatic nitrogens is 2. The fraction of sp³-hybridized carbons (Fsp3) is 0.636. The van der Waals surface area contributed by atoms with Crippen molar-refractivity contribution < 1.29 is 9.53 Å². The lowest BCUT2D eigenvalue weighted by atomic mass is 10.1. The van der Waals surface area contributed by atoms with Crippen molar-refractivity contribution in [2.45, 2.75) is 18.9 Å². The number of carbonyl (C=O) groups excluding carboxylic acids is 1. The van der Waals surface area contributed by atoms with E-state index in [0.717, 1.165) is 12.4 Å². The lowest BCUT2D eigenvalue weighted by Crippen LogP contribution is -2.46. The molecule has 0 saturated carbocycles. The summed E-state index contributed by atoms with van der Waals surface area (Å²) < 4.78 is 7.20. The van der Waals surface area contributed by atoms with E-state index in [-0.39, 0.29) is 11.8 Å². The van der Waals surface area contributed by atoms with Gasteiger partial charge in [-0.1, -0.05) is 0 Å². The van der Waals surface area contributed by atoms with Crippen LogP contribution in [0.4, 0.5) is 0 Å². The normalized spacial score (nSPS) is 20.9. The van der Waals surface area contributed by atoms with Crippen molar-refractivity contribution in [2.75, 3.05) is 19.8 Å². The molecule has 1 N–H and O–H groups in total. The molecular formula is C11H17N3O2. The Balaban J connectivity index is 1.81. The van der Waals surface area contributed by atoms with Crippen LogP contribution in [0.5, 0.6) is 0 Å². The Labute approximate surface area is 94.8 Å². The van der Waals surface area contributed by atoms with E-state index in [2.05, 4.69) is 10.3 Å². The smallest absolute Gasteiger partial charge is 0.152 e. The summed E-state index contributed by atoms with van der Waals surface area (Å²) in [5, 5.41) is 3.16. The number of hydrogen-bond acceptors (Lipinski definition) is 4. The van der Waals surface area contributed by atoms with Crippen LogP contribution < -0.4 is 5.32 Å². The van der Waals surface area contributed by atoms with E-state index in [1.165, 1.54) is 0 Å². The van der Waals surface area contributed by atoms with Crippen molar-refractivity contribution in [1.29, 1.82) is 0 Å². The molecule has 1 fully saturated rings. The van der Waals surface area contributed by atoms with Gasteiger partial charge in [0.25, 0.3) is 0 Å². The standard InChI is InChI=1S/C11H17N3O2/c1-14-6-4-13-11(14)3-2-10(15)9-8-16-7-5-12-9/h4,6,9,12H,2-3,5,7-8H2,1H3. The molecule has 0 aromatic carbocycles. The first-order chi connectivity index (χ1) is 7.77. The largest absolute Gasteiger partial charge is 0.378 e. The zero-order valence-corrected chi connectivity index (χ0v) is 9.48. The fourth-order valence-electron chi connectivity index (χ4n) is 1.82. The summed E-state index contributed by atoms with van der Waals surface area (Å²) >= 11 is 0. The highest BCUT2D eigenvalue weighted by Gasteiger charge is 2.20. The molecule has 0 radical (unpaired) electrons. The molecule has 1 aliphatic rings. The molecule has 0 spiro atoms.